The van der Waals surface area contributed by atoms with E-state index in [1.54, 1.807) is 42.5 Å². The average Bonchev–Trinajstić information content (AvgIpc) is 3.09. The summed E-state index contributed by atoms with van der Waals surface area (Å²) in [5, 5.41) is 8.29. The first kappa shape index (κ1) is 16.9. The number of nitrogens with zero attached hydrogens (tertiary/aromatic N) is 2. The summed E-state index contributed by atoms with van der Waals surface area (Å²) in [6, 6.07) is 13.0. The molecule has 3 aromatic rings. The first-order valence-corrected chi connectivity index (χ1v) is 7.67. The molecule has 0 atom stereocenters. The number of benzene rings is 2. The van der Waals surface area contributed by atoms with E-state index in [2.05, 4.69) is 10.2 Å². The topological polar surface area (TPSA) is 65.2 Å². The van der Waals surface area contributed by atoms with Crippen molar-refractivity contribution in [1.29, 1.82) is 0 Å². The Hall–Kier alpha value is -2.99. The van der Waals surface area contributed by atoms with Gasteiger partial charge in [0.2, 0.25) is 5.89 Å². The van der Waals surface area contributed by atoms with E-state index in [9.17, 15) is 9.18 Å². The van der Waals surface area contributed by atoms with Crippen molar-refractivity contribution in [3.8, 4) is 11.5 Å². The van der Waals surface area contributed by atoms with Gasteiger partial charge in [-0.25, -0.2) is 9.18 Å². The van der Waals surface area contributed by atoms with Crippen LogP contribution in [0.3, 0.4) is 0 Å². The zero-order valence-electron chi connectivity index (χ0n) is 12.9. The molecule has 5 nitrogen and oxygen atoms in total. The van der Waals surface area contributed by atoms with Crippen LogP contribution in [0.4, 0.5) is 4.39 Å². The lowest BCUT2D eigenvalue weighted by atomic mass is 10.2. The Morgan fingerprint density at radius 1 is 1.16 bits per heavy atom. The molecule has 0 N–H and O–H groups in total. The van der Waals surface area contributed by atoms with Gasteiger partial charge in [-0.3, -0.25) is 0 Å². The molecule has 0 fully saturated rings. The standard InChI is InChI=1S/C18H12ClFN2O3/c19-14-8-5-13(6-9-14)18-22-21-16(25-18)11-24-17(23)10-7-12-3-1-2-4-15(12)20/h1-10H,11H2/b10-7+. The highest BCUT2D eigenvalue weighted by atomic mass is 35.5. The van der Waals surface area contributed by atoms with Crippen LogP contribution in [0.5, 0.6) is 0 Å². The smallest absolute Gasteiger partial charge is 0.331 e. The monoisotopic (exact) mass is 358 g/mol. The Morgan fingerprint density at radius 3 is 2.68 bits per heavy atom. The largest absolute Gasteiger partial charge is 0.452 e. The van der Waals surface area contributed by atoms with Crippen LogP contribution in [0.1, 0.15) is 11.5 Å². The molecule has 7 heteroatoms. The minimum Gasteiger partial charge on any atom is -0.452 e. The molecule has 0 saturated carbocycles. The summed E-state index contributed by atoms with van der Waals surface area (Å²) in [7, 11) is 0. The molecule has 25 heavy (non-hydrogen) atoms. The van der Waals surface area contributed by atoms with Crippen LogP contribution in [0.15, 0.2) is 59.0 Å². The molecule has 1 heterocycles. The van der Waals surface area contributed by atoms with Gasteiger partial charge in [-0.05, 0) is 36.4 Å². The van der Waals surface area contributed by atoms with E-state index in [1.807, 2.05) is 0 Å². The van der Waals surface area contributed by atoms with Gasteiger partial charge in [0.15, 0.2) is 6.61 Å². The van der Waals surface area contributed by atoms with Crippen LogP contribution in [-0.4, -0.2) is 16.2 Å². The number of rotatable bonds is 5. The number of carbonyl (C=O) groups is 1. The predicted molar refractivity (Wildman–Crippen MR) is 90.0 cm³/mol. The van der Waals surface area contributed by atoms with Crippen LogP contribution in [0.25, 0.3) is 17.5 Å². The van der Waals surface area contributed by atoms with Crippen LogP contribution in [0.2, 0.25) is 5.02 Å². The fourth-order valence-electron chi connectivity index (χ4n) is 1.97. The highest BCUT2D eigenvalue weighted by Crippen LogP contribution is 2.20. The molecule has 1 aromatic heterocycles. The van der Waals surface area contributed by atoms with E-state index >= 15 is 0 Å². The second-order valence-corrected chi connectivity index (χ2v) is 5.41. The van der Waals surface area contributed by atoms with Crippen molar-refractivity contribution in [2.24, 2.45) is 0 Å². The van der Waals surface area contributed by atoms with Gasteiger partial charge in [-0.2, -0.15) is 0 Å². The molecule has 0 aliphatic heterocycles. The predicted octanol–water partition coefficient (Wildman–Crippen LogP) is 4.29. The maximum absolute atomic E-state index is 13.4. The highest BCUT2D eigenvalue weighted by molar-refractivity contribution is 6.30. The summed E-state index contributed by atoms with van der Waals surface area (Å²) >= 11 is 5.82. The zero-order chi connectivity index (χ0) is 17.6. The van der Waals surface area contributed by atoms with Gasteiger partial charge in [-0.1, -0.05) is 29.8 Å². The molecule has 0 unspecified atom stereocenters. The van der Waals surface area contributed by atoms with Gasteiger partial charge in [0.05, 0.1) is 0 Å². The van der Waals surface area contributed by atoms with E-state index in [4.69, 9.17) is 20.8 Å². The van der Waals surface area contributed by atoms with Crippen molar-refractivity contribution >= 4 is 23.6 Å². The fraction of sp³-hybridized carbons (Fsp3) is 0.0556. The summed E-state index contributed by atoms with van der Waals surface area (Å²) in [4.78, 5) is 11.7. The highest BCUT2D eigenvalue weighted by Gasteiger charge is 2.10. The molecule has 0 saturated heterocycles. The molecule has 0 bridgehead atoms. The lowest BCUT2D eigenvalue weighted by Crippen LogP contribution is -2.01. The van der Waals surface area contributed by atoms with Gasteiger partial charge in [0.1, 0.15) is 5.82 Å². The Bertz CT molecular complexity index is 907. The number of ether oxygens (including phenoxy) is 1. The Labute approximate surface area is 147 Å². The van der Waals surface area contributed by atoms with Crippen molar-refractivity contribution in [1.82, 2.24) is 10.2 Å². The fourth-order valence-corrected chi connectivity index (χ4v) is 2.10. The lowest BCUT2D eigenvalue weighted by molar-refractivity contribution is -0.139. The molecular weight excluding hydrogens is 347 g/mol. The average molecular weight is 359 g/mol. The summed E-state index contributed by atoms with van der Waals surface area (Å²) in [6.07, 6.45) is 2.47. The number of carbonyl (C=O) groups excluding carboxylic acids is 1. The maximum atomic E-state index is 13.4. The van der Waals surface area contributed by atoms with Crippen LogP contribution in [0, 0.1) is 5.82 Å². The quantitative estimate of drug-likeness (QED) is 0.503. The Morgan fingerprint density at radius 2 is 1.92 bits per heavy atom. The lowest BCUT2D eigenvalue weighted by Gasteiger charge is -1.98. The molecular formula is C18H12ClFN2O3. The summed E-state index contributed by atoms with van der Waals surface area (Å²) in [5.41, 5.74) is 0.996. The second kappa shape index (κ2) is 7.72. The number of hydrogen-bond acceptors (Lipinski definition) is 5. The molecule has 0 spiro atoms. The maximum Gasteiger partial charge on any atom is 0.331 e. The summed E-state index contributed by atoms with van der Waals surface area (Å²) in [5.74, 6) is -0.618. The van der Waals surface area contributed by atoms with Gasteiger partial charge in [0.25, 0.3) is 5.89 Å². The third-order valence-electron chi connectivity index (χ3n) is 3.20. The van der Waals surface area contributed by atoms with Crippen molar-refractivity contribution in [2.75, 3.05) is 0 Å². The van der Waals surface area contributed by atoms with E-state index in [0.29, 0.717) is 22.0 Å². The zero-order valence-corrected chi connectivity index (χ0v) is 13.6. The molecule has 126 valence electrons. The van der Waals surface area contributed by atoms with Crippen LogP contribution in [-0.2, 0) is 16.1 Å². The van der Waals surface area contributed by atoms with Crippen LogP contribution < -0.4 is 0 Å². The molecule has 0 radical (unpaired) electrons. The first-order valence-electron chi connectivity index (χ1n) is 7.29. The van der Waals surface area contributed by atoms with Crippen molar-refractivity contribution in [3.05, 3.63) is 76.9 Å². The molecule has 0 amide bonds. The summed E-state index contributed by atoms with van der Waals surface area (Å²) in [6.45, 7) is -0.180. The number of hydrogen-bond donors (Lipinski definition) is 0. The summed E-state index contributed by atoms with van der Waals surface area (Å²) < 4.78 is 23.8. The van der Waals surface area contributed by atoms with Gasteiger partial charge in [-0.15, -0.1) is 10.2 Å². The second-order valence-electron chi connectivity index (χ2n) is 4.97. The van der Waals surface area contributed by atoms with Crippen molar-refractivity contribution < 1.29 is 18.3 Å². The first-order chi connectivity index (χ1) is 12.1. The SMILES string of the molecule is O=C(/C=C/c1ccccc1F)OCc1nnc(-c2ccc(Cl)cc2)o1. The van der Waals surface area contributed by atoms with Crippen LogP contribution >= 0.6 is 11.6 Å². The van der Waals surface area contributed by atoms with Gasteiger partial charge < -0.3 is 9.15 Å². The molecule has 3 rings (SSSR count). The van der Waals surface area contributed by atoms with E-state index in [1.165, 1.54) is 12.1 Å². The molecule has 0 aliphatic carbocycles. The minimum absolute atomic E-state index is 0.151. The third-order valence-corrected chi connectivity index (χ3v) is 3.45. The number of halogens is 2. The number of aromatic nitrogens is 2. The molecule has 2 aromatic carbocycles. The Balaban J connectivity index is 1.58. The van der Waals surface area contributed by atoms with Gasteiger partial charge >= 0.3 is 5.97 Å². The van der Waals surface area contributed by atoms with Crippen molar-refractivity contribution in [2.45, 2.75) is 6.61 Å². The third kappa shape index (κ3) is 4.51. The normalized spacial score (nSPS) is 11.0. The Kier molecular flexibility index (Phi) is 5.20. The molecule has 0 aliphatic rings. The van der Waals surface area contributed by atoms with E-state index < -0.39 is 11.8 Å². The minimum atomic E-state index is -0.644. The van der Waals surface area contributed by atoms with E-state index in [-0.39, 0.29) is 12.5 Å². The van der Waals surface area contributed by atoms with Gasteiger partial charge in [0, 0.05) is 22.2 Å². The number of esters is 1. The van der Waals surface area contributed by atoms with Crippen molar-refractivity contribution in [3.63, 3.8) is 0 Å². The van der Waals surface area contributed by atoms with E-state index in [0.717, 1.165) is 6.08 Å².